The lowest BCUT2D eigenvalue weighted by molar-refractivity contribution is -0.118. The van der Waals surface area contributed by atoms with Crippen molar-refractivity contribution in [2.24, 2.45) is 0 Å². The number of hydrogen-bond acceptors (Lipinski definition) is 4. The van der Waals surface area contributed by atoms with Gasteiger partial charge in [-0.1, -0.05) is 45.5 Å². The third kappa shape index (κ3) is 3.45. The van der Waals surface area contributed by atoms with E-state index in [9.17, 15) is 4.79 Å². The maximum atomic E-state index is 12.0. The number of amides is 1. The Balaban J connectivity index is 1.64. The van der Waals surface area contributed by atoms with Crippen LogP contribution in [0.2, 0.25) is 0 Å². The Morgan fingerprint density at radius 1 is 1.32 bits per heavy atom. The van der Waals surface area contributed by atoms with Crippen molar-refractivity contribution < 1.29 is 9.53 Å². The first-order valence-electron chi connectivity index (χ1n) is 6.66. The summed E-state index contributed by atoms with van der Waals surface area (Å²) in [5.74, 6) is 0.418. The minimum absolute atomic E-state index is 0.0502. The Morgan fingerprint density at radius 2 is 2.14 bits per heavy atom. The van der Waals surface area contributed by atoms with Gasteiger partial charge in [0.15, 0.2) is 11.7 Å². The number of ether oxygens (including phenoxy) is 1. The molecule has 0 radical (unpaired) electrons. The Kier molecular flexibility index (Phi) is 4.40. The van der Waals surface area contributed by atoms with Crippen LogP contribution >= 0.6 is 27.3 Å². The molecule has 1 aromatic heterocycles. The van der Waals surface area contributed by atoms with Gasteiger partial charge in [-0.3, -0.25) is 10.1 Å². The van der Waals surface area contributed by atoms with Gasteiger partial charge in [0.25, 0.3) is 5.91 Å². The summed E-state index contributed by atoms with van der Waals surface area (Å²) in [7, 11) is 0. The number of aromatic nitrogens is 1. The molecule has 4 nitrogen and oxygen atoms in total. The van der Waals surface area contributed by atoms with Crippen molar-refractivity contribution in [1.82, 2.24) is 4.98 Å². The van der Waals surface area contributed by atoms with Gasteiger partial charge in [0, 0.05) is 4.47 Å². The maximum absolute atomic E-state index is 12.0. The van der Waals surface area contributed by atoms with Crippen molar-refractivity contribution in [2.45, 2.75) is 6.92 Å². The number of fused-ring (bicyclic) bond motifs is 1. The first-order valence-corrected chi connectivity index (χ1v) is 8.27. The molecule has 0 spiro atoms. The third-order valence-electron chi connectivity index (χ3n) is 3.03. The van der Waals surface area contributed by atoms with E-state index in [1.807, 2.05) is 43.3 Å². The Labute approximate surface area is 140 Å². The molecule has 0 aliphatic carbocycles. The quantitative estimate of drug-likeness (QED) is 0.734. The van der Waals surface area contributed by atoms with E-state index in [4.69, 9.17) is 4.74 Å². The molecular weight excluding hydrogens is 364 g/mol. The molecule has 0 saturated carbocycles. The molecule has 0 bridgehead atoms. The van der Waals surface area contributed by atoms with Crippen LogP contribution in [0, 0.1) is 6.92 Å². The summed E-state index contributed by atoms with van der Waals surface area (Å²) in [5.41, 5.74) is 2.02. The lowest BCUT2D eigenvalue weighted by Gasteiger charge is -2.05. The fourth-order valence-electron chi connectivity index (χ4n) is 2.00. The van der Waals surface area contributed by atoms with Crippen LogP contribution < -0.4 is 10.1 Å². The molecule has 112 valence electrons. The molecule has 1 N–H and O–H groups in total. The van der Waals surface area contributed by atoms with Gasteiger partial charge in [0.1, 0.15) is 5.75 Å². The van der Waals surface area contributed by atoms with E-state index in [0.717, 1.165) is 20.3 Å². The fraction of sp³-hybridized carbons (Fsp3) is 0.125. The fourth-order valence-corrected chi connectivity index (χ4v) is 3.34. The number of aryl methyl sites for hydroxylation is 1. The van der Waals surface area contributed by atoms with Crippen LogP contribution in [0.3, 0.4) is 0 Å². The molecule has 3 rings (SSSR count). The van der Waals surface area contributed by atoms with Gasteiger partial charge in [0.2, 0.25) is 0 Å². The van der Waals surface area contributed by atoms with Gasteiger partial charge < -0.3 is 4.74 Å². The Bertz CT molecular complexity index is 832. The van der Waals surface area contributed by atoms with Gasteiger partial charge in [-0.25, -0.2) is 4.98 Å². The van der Waals surface area contributed by atoms with Crippen molar-refractivity contribution in [3.05, 3.63) is 52.5 Å². The van der Waals surface area contributed by atoms with E-state index in [0.29, 0.717) is 10.9 Å². The van der Waals surface area contributed by atoms with E-state index in [1.165, 1.54) is 11.3 Å². The molecule has 1 heterocycles. The van der Waals surface area contributed by atoms with E-state index >= 15 is 0 Å². The van der Waals surface area contributed by atoms with Crippen LogP contribution in [0.1, 0.15) is 5.56 Å². The summed E-state index contributed by atoms with van der Waals surface area (Å²) in [5, 5.41) is 3.37. The molecule has 0 unspecified atom stereocenters. The van der Waals surface area contributed by atoms with Crippen molar-refractivity contribution in [1.29, 1.82) is 0 Å². The molecule has 6 heteroatoms. The number of anilines is 1. The molecule has 2 aromatic carbocycles. The smallest absolute Gasteiger partial charge is 0.264 e. The second-order valence-corrected chi connectivity index (χ2v) is 6.68. The molecule has 0 fully saturated rings. The van der Waals surface area contributed by atoms with Crippen LogP contribution in [0.15, 0.2) is 46.9 Å². The number of nitrogens with zero attached hydrogens (tertiary/aromatic N) is 1. The number of benzene rings is 2. The molecule has 1 amide bonds. The highest BCUT2D eigenvalue weighted by Gasteiger charge is 2.09. The number of hydrogen-bond donors (Lipinski definition) is 1. The number of carbonyl (C=O) groups is 1. The number of nitrogens with one attached hydrogen (secondary N) is 1. The first kappa shape index (κ1) is 15.0. The summed E-state index contributed by atoms with van der Waals surface area (Å²) in [6.45, 7) is 1.95. The van der Waals surface area contributed by atoms with Gasteiger partial charge in [0.05, 0.1) is 10.2 Å². The minimum Gasteiger partial charge on any atom is -0.484 e. The molecular formula is C16H13BrN2O2S. The van der Waals surface area contributed by atoms with Gasteiger partial charge in [-0.2, -0.15) is 0 Å². The van der Waals surface area contributed by atoms with Crippen LogP contribution in [0.5, 0.6) is 5.75 Å². The number of halogens is 1. The number of rotatable bonds is 4. The highest BCUT2D eigenvalue weighted by molar-refractivity contribution is 9.10. The highest BCUT2D eigenvalue weighted by Crippen LogP contribution is 2.27. The standard InChI is InChI=1S/C16H13BrN2O2S/c1-10-4-2-7-13-15(10)19-16(22-13)18-14(20)9-21-12-6-3-5-11(17)8-12/h2-8H,9H2,1H3,(H,18,19,20). The second kappa shape index (κ2) is 6.46. The lowest BCUT2D eigenvalue weighted by atomic mass is 10.2. The normalized spacial score (nSPS) is 10.6. The van der Waals surface area contributed by atoms with Crippen molar-refractivity contribution in [3.8, 4) is 5.75 Å². The number of para-hydroxylation sites is 1. The Hall–Kier alpha value is -1.92. The second-order valence-electron chi connectivity index (χ2n) is 4.73. The molecule has 0 saturated heterocycles. The molecule has 22 heavy (non-hydrogen) atoms. The van der Waals surface area contributed by atoms with Crippen LogP contribution in [0.4, 0.5) is 5.13 Å². The molecule has 3 aromatic rings. The zero-order chi connectivity index (χ0) is 15.5. The van der Waals surface area contributed by atoms with Gasteiger partial charge >= 0.3 is 0 Å². The van der Waals surface area contributed by atoms with Gasteiger partial charge in [-0.05, 0) is 36.8 Å². The van der Waals surface area contributed by atoms with E-state index in [-0.39, 0.29) is 12.5 Å². The number of carbonyl (C=O) groups excluding carboxylic acids is 1. The van der Waals surface area contributed by atoms with Crippen LogP contribution in [-0.4, -0.2) is 17.5 Å². The predicted octanol–water partition coefficient (Wildman–Crippen LogP) is 4.38. The molecule has 0 aliphatic heterocycles. The van der Waals surface area contributed by atoms with Gasteiger partial charge in [-0.15, -0.1) is 0 Å². The zero-order valence-electron chi connectivity index (χ0n) is 11.8. The predicted molar refractivity (Wildman–Crippen MR) is 92.6 cm³/mol. The van der Waals surface area contributed by atoms with Crippen molar-refractivity contribution in [2.75, 3.05) is 11.9 Å². The average Bonchev–Trinajstić information content (AvgIpc) is 2.89. The lowest BCUT2D eigenvalue weighted by Crippen LogP contribution is -2.19. The topological polar surface area (TPSA) is 51.2 Å². The SMILES string of the molecule is Cc1cccc2sc(NC(=O)COc3cccc(Br)c3)nc12. The van der Waals surface area contributed by atoms with Crippen LogP contribution in [0.25, 0.3) is 10.2 Å². The first-order chi connectivity index (χ1) is 10.6. The third-order valence-corrected chi connectivity index (χ3v) is 4.46. The van der Waals surface area contributed by atoms with Crippen molar-refractivity contribution >= 4 is 48.5 Å². The zero-order valence-corrected chi connectivity index (χ0v) is 14.2. The van der Waals surface area contributed by atoms with E-state index in [1.54, 1.807) is 6.07 Å². The van der Waals surface area contributed by atoms with E-state index in [2.05, 4.69) is 26.2 Å². The number of thiazole rings is 1. The summed E-state index contributed by atoms with van der Waals surface area (Å²) >= 11 is 4.82. The minimum atomic E-state index is -0.225. The molecule has 0 aliphatic rings. The maximum Gasteiger partial charge on any atom is 0.264 e. The summed E-state index contributed by atoms with van der Waals surface area (Å²) in [6.07, 6.45) is 0. The van der Waals surface area contributed by atoms with Crippen molar-refractivity contribution in [3.63, 3.8) is 0 Å². The Morgan fingerprint density at radius 3 is 2.91 bits per heavy atom. The van der Waals surface area contributed by atoms with Crippen LogP contribution in [-0.2, 0) is 4.79 Å². The highest BCUT2D eigenvalue weighted by atomic mass is 79.9. The largest absolute Gasteiger partial charge is 0.484 e. The summed E-state index contributed by atoms with van der Waals surface area (Å²) in [4.78, 5) is 16.4. The molecule has 0 atom stereocenters. The summed E-state index contributed by atoms with van der Waals surface area (Å²) in [6, 6.07) is 13.4. The monoisotopic (exact) mass is 376 g/mol. The summed E-state index contributed by atoms with van der Waals surface area (Å²) < 4.78 is 7.42. The average molecular weight is 377 g/mol. The van der Waals surface area contributed by atoms with E-state index < -0.39 is 0 Å².